The second-order valence-electron chi connectivity index (χ2n) is 6.46. The first-order valence-corrected chi connectivity index (χ1v) is 7.26. The number of hydrogen-bond donors (Lipinski definition) is 0. The summed E-state index contributed by atoms with van der Waals surface area (Å²) in [6.45, 7) is 5.97. The maximum atomic E-state index is 13.7. The molecule has 0 saturated heterocycles. The molecule has 22 heavy (non-hydrogen) atoms. The molecule has 1 aromatic heterocycles. The first-order valence-electron chi connectivity index (χ1n) is 7.26. The van der Waals surface area contributed by atoms with Crippen LogP contribution in [-0.2, 0) is 10.7 Å². The molecule has 120 valence electrons. The first kappa shape index (κ1) is 16.5. The average Bonchev–Trinajstić information content (AvgIpc) is 2.88. The average molecular weight is 310 g/mol. The van der Waals surface area contributed by atoms with Gasteiger partial charge in [0.15, 0.2) is 5.69 Å². The molecule has 0 aromatic carbocycles. The number of nitrogens with zero attached hydrogens (tertiary/aromatic N) is 2. The van der Waals surface area contributed by atoms with Gasteiger partial charge in [0, 0.05) is 6.92 Å². The quantitative estimate of drug-likeness (QED) is 0.788. The molecule has 1 aliphatic rings. The standard InChI is InChI=1S/C16H20F2N2O2/c1-15(2,3)22-14(21)11-9-19-13(16(4,17)18)12(20-11)10-7-5-6-8-10/h7,9H,5-6,8H2,1-4H3. The van der Waals surface area contributed by atoms with Gasteiger partial charge < -0.3 is 4.74 Å². The fourth-order valence-electron chi connectivity index (χ4n) is 2.25. The van der Waals surface area contributed by atoms with E-state index in [0.717, 1.165) is 31.5 Å². The zero-order chi connectivity index (χ0) is 16.5. The fraction of sp³-hybridized carbons (Fsp3) is 0.562. The summed E-state index contributed by atoms with van der Waals surface area (Å²) in [5.74, 6) is -3.77. The Morgan fingerprint density at radius 3 is 2.45 bits per heavy atom. The number of alkyl halides is 2. The summed E-state index contributed by atoms with van der Waals surface area (Å²) in [7, 11) is 0. The van der Waals surface area contributed by atoms with E-state index in [9.17, 15) is 13.6 Å². The van der Waals surface area contributed by atoms with Crippen molar-refractivity contribution in [3.8, 4) is 0 Å². The van der Waals surface area contributed by atoms with E-state index in [4.69, 9.17) is 4.74 Å². The number of halogens is 2. The first-order chi connectivity index (χ1) is 10.1. The molecule has 0 saturated carbocycles. The lowest BCUT2D eigenvalue weighted by molar-refractivity contribution is 0.00471. The summed E-state index contributed by atoms with van der Waals surface area (Å²) >= 11 is 0. The number of aromatic nitrogens is 2. The molecular weight excluding hydrogens is 290 g/mol. The van der Waals surface area contributed by atoms with Crippen molar-refractivity contribution in [3.63, 3.8) is 0 Å². The molecule has 1 heterocycles. The highest BCUT2D eigenvalue weighted by atomic mass is 19.3. The zero-order valence-corrected chi connectivity index (χ0v) is 13.2. The van der Waals surface area contributed by atoms with Gasteiger partial charge in [0.2, 0.25) is 0 Å². The number of carbonyl (C=O) groups excluding carboxylic acids is 1. The number of allylic oxidation sites excluding steroid dienone is 2. The SMILES string of the molecule is CC(C)(C)OC(=O)c1cnc(C(C)(F)F)c(C2=CCCC2)n1. The molecule has 1 aromatic rings. The van der Waals surface area contributed by atoms with Gasteiger partial charge in [-0.25, -0.2) is 9.78 Å². The second-order valence-corrected chi connectivity index (χ2v) is 6.46. The highest BCUT2D eigenvalue weighted by Crippen LogP contribution is 2.35. The van der Waals surface area contributed by atoms with Crippen molar-refractivity contribution in [2.45, 2.75) is 58.5 Å². The van der Waals surface area contributed by atoms with Crippen molar-refractivity contribution in [2.75, 3.05) is 0 Å². The van der Waals surface area contributed by atoms with Gasteiger partial charge in [-0.2, -0.15) is 8.78 Å². The summed E-state index contributed by atoms with van der Waals surface area (Å²) in [5, 5.41) is 0. The largest absolute Gasteiger partial charge is 0.455 e. The van der Waals surface area contributed by atoms with Crippen LogP contribution in [-0.4, -0.2) is 21.5 Å². The maximum absolute atomic E-state index is 13.7. The van der Waals surface area contributed by atoms with Gasteiger partial charge in [-0.05, 0) is 45.6 Å². The van der Waals surface area contributed by atoms with E-state index >= 15 is 0 Å². The molecule has 0 bridgehead atoms. The monoisotopic (exact) mass is 310 g/mol. The minimum Gasteiger partial charge on any atom is -0.455 e. The summed E-state index contributed by atoms with van der Waals surface area (Å²) < 4.78 is 32.7. The molecule has 4 nitrogen and oxygen atoms in total. The van der Waals surface area contributed by atoms with E-state index in [1.807, 2.05) is 6.08 Å². The molecule has 6 heteroatoms. The molecule has 2 rings (SSSR count). The number of carbonyl (C=O) groups is 1. The topological polar surface area (TPSA) is 52.1 Å². The lowest BCUT2D eigenvalue weighted by atomic mass is 10.1. The highest BCUT2D eigenvalue weighted by molar-refractivity contribution is 5.87. The smallest absolute Gasteiger partial charge is 0.359 e. The molecule has 0 amide bonds. The Kier molecular flexibility index (Phi) is 4.31. The van der Waals surface area contributed by atoms with Crippen LogP contribution in [0.2, 0.25) is 0 Å². The summed E-state index contributed by atoms with van der Waals surface area (Å²) in [6, 6.07) is 0. The van der Waals surface area contributed by atoms with Gasteiger partial charge in [-0.15, -0.1) is 0 Å². The van der Waals surface area contributed by atoms with E-state index in [0.29, 0.717) is 6.42 Å². The number of hydrogen-bond acceptors (Lipinski definition) is 4. The Morgan fingerprint density at radius 1 is 1.27 bits per heavy atom. The van der Waals surface area contributed by atoms with Crippen LogP contribution < -0.4 is 0 Å². The van der Waals surface area contributed by atoms with E-state index < -0.39 is 23.2 Å². The molecule has 0 spiro atoms. The Hall–Kier alpha value is -1.85. The van der Waals surface area contributed by atoms with Gasteiger partial charge >= 0.3 is 5.97 Å². The Bertz CT molecular complexity index is 614. The maximum Gasteiger partial charge on any atom is 0.359 e. The van der Waals surface area contributed by atoms with Crippen molar-refractivity contribution in [2.24, 2.45) is 0 Å². The molecule has 0 atom stereocenters. The van der Waals surface area contributed by atoms with Crippen LogP contribution in [0.4, 0.5) is 8.78 Å². The van der Waals surface area contributed by atoms with Gasteiger partial charge in [-0.3, -0.25) is 4.98 Å². The van der Waals surface area contributed by atoms with Crippen LogP contribution in [0.25, 0.3) is 5.57 Å². The lowest BCUT2D eigenvalue weighted by Gasteiger charge is -2.20. The van der Waals surface area contributed by atoms with Crippen LogP contribution in [0.5, 0.6) is 0 Å². The van der Waals surface area contributed by atoms with Gasteiger partial charge in [0.05, 0.1) is 11.9 Å². The third-order valence-electron chi connectivity index (χ3n) is 3.14. The molecule has 0 fully saturated rings. The minimum atomic E-state index is -3.11. The van der Waals surface area contributed by atoms with Crippen molar-refractivity contribution in [3.05, 3.63) is 29.4 Å². The van der Waals surface area contributed by atoms with Crippen LogP contribution >= 0.6 is 0 Å². The van der Waals surface area contributed by atoms with Crippen LogP contribution in [0, 0.1) is 0 Å². The zero-order valence-electron chi connectivity index (χ0n) is 13.2. The van der Waals surface area contributed by atoms with Crippen LogP contribution in [0.3, 0.4) is 0 Å². The Labute approximate surface area is 128 Å². The molecule has 0 aliphatic heterocycles. The number of esters is 1. The van der Waals surface area contributed by atoms with Gasteiger partial charge in [0.25, 0.3) is 5.92 Å². The molecule has 1 aliphatic carbocycles. The predicted molar refractivity (Wildman–Crippen MR) is 78.6 cm³/mol. The lowest BCUT2D eigenvalue weighted by Crippen LogP contribution is -2.25. The van der Waals surface area contributed by atoms with Crippen molar-refractivity contribution in [1.29, 1.82) is 0 Å². The summed E-state index contributed by atoms with van der Waals surface area (Å²) in [6.07, 6.45) is 5.30. The molecule has 0 N–H and O–H groups in total. The molecule has 0 unspecified atom stereocenters. The molecule has 0 radical (unpaired) electrons. The van der Waals surface area contributed by atoms with Gasteiger partial charge in [-0.1, -0.05) is 6.08 Å². The van der Waals surface area contributed by atoms with Crippen molar-refractivity contribution < 1.29 is 18.3 Å². The van der Waals surface area contributed by atoms with Gasteiger partial charge in [0.1, 0.15) is 11.3 Å². The fourth-order valence-corrected chi connectivity index (χ4v) is 2.25. The van der Waals surface area contributed by atoms with E-state index in [1.165, 1.54) is 0 Å². The van der Waals surface area contributed by atoms with Crippen LogP contribution in [0.15, 0.2) is 12.3 Å². The Morgan fingerprint density at radius 2 is 1.95 bits per heavy atom. The van der Waals surface area contributed by atoms with E-state index in [1.54, 1.807) is 20.8 Å². The third-order valence-corrected chi connectivity index (χ3v) is 3.14. The number of ether oxygens (including phenoxy) is 1. The normalized spacial score (nSPS) is 15.6. The van der Waals surface area contributed by atoms with Crippen molar-refractivity contribution in [1.82, 2.24) is 9.97 Å². The van der Waals surface area contributed by atoms with Crippen LogP contribution in [0.1, 0.15) is 68.8 Å². The Balaban J connectivity index is 2.44. The second kappa shape index (κ2) is 5.74. The van der Waals surface area contributed by atoms with E-state index in [2.05, 4.69) is 9.97 Å². The van der Waals surface area contributed by atoms with Crippen molar-refractivity contribution >= 4 is 11.5 Å². The highest BCUT2D eigenvalue weighted by Gasteiger charge is 2.33. The summed E-state index contributed by atoms with van der Waals surface area (Å²) in [5.41, 5.74) is -0.305. The predicted octanol–water partition coefficient (Wildman–Crippen LogP) is 4.11. The summed E-state index contributed by atoms with van der Waals surface area (Å²) in [4.78, 5) is 20.0. The van der Waals surface area contributed by atoms with E-state index in [-0.39, 0.29) is 11.4 Å². The number of rotatable bonds is 3. The minimum absolute atomic E-state index is 0.0503. The molecular formula is C16H20F2N2O2. The third kappa shape index (κ3) is 3.87.